The lowest BCUT2D eigenvalue weighted by molar-refractivity contribution is -0.0720. The average molecular weight is 308 g/mol. The average Bonchev–Trinajstić information content (AvgIpc) is 2.85. The van der Waals surface area contributed by atoms with Crippen LogP contribution in [-0.2, 0) is 0 Å². The maximum absolute atomic E-state index is 4.11. The molecule has 1 nitrogen and oxygen atoms in total. The van der Waals surface area contributed by atoms with E-state index in [0.29, 0.717) is 5.41 Å². The van der Waals surface area contributed by atoms with Gasteiger partial charge in [0.25, 0.3) is 0 Å². The van der Waals surface area contributed by atoms with Gasteiger partial charge in [-0.15, -0.1) is 0 Å². The van der Waals surface area contributed by atoms with Crippen molar-refractivity contribution >= 4 is 11.8 Å². The summed E-state index contributed by atoms with van der Waals surface area (Å²) in [5.41, 5.74) is 0.685. The number of hydrogen-bond donors (Lipinski definition) is 1. The van der Waals surface area contributed by atoms with Crippen molar-refractivity contribution in [3.05, 3.63) is 0 Å². The van der Waals surface area contributed by atoms with Crippen LogP contribution in [0.2, 0.25) is 0 Å². The molecule has 0 aromatic rings. The lowest BCUT2D eigenvalue weighted by Crippen LogP contribution is -2.56. The van der Waals surface area contributed by atoms with Crippen LogP contribution in [-0.4, -0.2) is 23.1 Å². The highest BCUT2D eigenvalue weighted by Crippen LogP contribution is 2.61. The number of nitrogens with one attached hydrogen (secondary N) is 1. The third kappa shape index (κ3) is 2.80. The fourth-order valence-corrected chi connectivity index (χ4v) is 7.86. The number of thioether (sulfide) groups is 1. The third-order valence-corrected chi connectivity index (χ3v) is 8.51. The van der Waals surface area contributed by atoms with Gasteiger partial charge < -0.3 is 5.32 Å². The quantitative estimate of drug-likeness (QED) is 0.779. The highest BCUT2D eigenvalue weighted by Gasteiger charge is 2.53. The molecule has 0 radical (unpaired) electrons. The standard InChI is InChI=1S/C19H33NS/c1-3-21-18-5-4-17(9-18)20-13(2)19-10-14-6-15(11-19)8-16(7-14)12-19/h13-18,20H,3-12H2,1-2H3. The molecule has 0 saturated heterocycles. The van der Waals surface area contributed by atoms with E-state index >= 15 is 0 Å². The Morgan fingerprint density at radius 1 is 1.00 bits per heavy atom. The summed E-state index contributed by atoms with van der Waals surface area (Å²) in [5.74, 6) is 4.56. The van der Waals surface area contributed by atoms with E-state index in [2.05, 4.69) is 30.9 Å². The highest BCUT2D eigenvalue weighted by molar-refractivity contribution is 7.99. The fraction of sp³-hybridized carbons (Fsp3) is 1.00. The molecule has 5 rings (SSSR count). The van der Waals surface area contributed by atoms with Gasteiger partial charge in [-0.2, -0.15) is 11.8 Å². The molecular formula is C19H33NS. The number of rotatable bonds is 5. The van der Waals surface area contributed by atoms with E-state index in [1.807, 2.05) is 0 Å². The van der Waals surface area contributed by atoms with Crippen LogP contribution in [0, 0.1) is 23.2 Å². The van der Waals surface area contributed by atoms with Gasteiger partial charge in [-0.1, -0.05) is 6.92 Å². The molecule has 2 heteroatoms. The summed E-state index contributed by atoms with van der Waals surface area (Å²) < 4.78 is 0. The van der Waals surface area contributed by atoms with Gasteiger partial charge in [0.2, 0.25) is 0 Å². The molecule has 4 bridgehead atoms. The van der Waals surface area contributed by atoms with E-state index in [1.165, 1.54) is 25.0 Å². The largest absolute Gasteiger partial charge is 0.311 e. The van der Waals surface area contributed by atoms with Gasteiger partial charge in [0.05, 0.1) is 0 Å². The molecule has 1 N–H and O–H groups in total. The molecule has 0 aliphatic heterocycles. The van der Waals surface area contributed by atoms with Crippen LogP contribution in [0.25, 0.3) is 0 Å². The van der Waals surface area contributed by atoms with Gasteiger partial charge in [0.1, 0.15) is 0 Å². The van der Waals surface area contributed by atoms with Crippen molar-refractivity contribution in [2.45, 2.75) is 89.0 Å². The lowest BCUT2D eigenvalue weighted by Gasteiger charge is -2.59. The summed E-state index contributed by atoms with van der Waals surface area (Å²) in [6.45, 7) is 4.84. The maximum atomic E-state index is 4.11. The molecule has 0 amide bonds. The molecule has 21 heavy (non-hydrogen) atoms. The van der Waals surface area contributed by atoms with Crippen molar-refractivity contribution in [2.24, 2.45) is 23.2 Å². The Morgan fingerprint density at radius 3 is 2.19 bits per heavy atom. The first-order chi connectivity index (χ1) is 10.2. The van der Waals surface area contributed by atoms with Gasteiger partial charge in [0, 0.05) is 17.3 Å². The lowest BCUT2D eigenvalue weighted by atomic mass is 9.48. The van der Waals surface area contributed by atoms with E-state index in [1.54, 1.807) is 38.5 Å². The van der Waals surface area contributed by atoms with E-state index < -0.39 is 0 Å². The monoisotopic (exact) mass is 307 g/mol. The minimum Gasteiger partial charge on any atom is -0.311 e. The Kier molecular flexibility index (Phi) is 4.07. The molecule has 5 aliphatic carbocycles. The zero-order valence-electron chi connectivity index (χ0n) is 13.9. The van der Waals surface area contributed by atoms with Crippen LogP contribution in [0.4, 0.5) is 0 Å². The Morgan fingerprint density at radius 2 is 1.62 bits per heavy atom. The summed E-state index contributed by atoms with van der Waals surface area (Å²) in [5, 5.41) is 5.05. The second-order valence-electron chi connectivity index (χ2n) is 8.76. The van der Waals surface area contributed by atoms with Gasteiger partial charge >= 0.3 is 0 Å². The van der Waals surface area contributed by atoms with Crippen molar-refractivity contribution < 1.29 is 0 Å². The smallest absolute Gasteiger partial charge is 0.00980 e. The minimum absolute atomic E-state index is 0.685. The van der Waals surface area contributed by atoms with Gasteiger partial charge in [-0.3, -0.25) is 0 Å². The SMILES string of the molecule is CCSC1CCC(NC(C)C23CC4CC(CC(C4)C2)C3)C1. The van der Waals surface area contributed by atoms with Gasteiger partial charge in [-0.05, 0) is 93.6 Å². The molecule has 3 unspecified atom stereocenters. The Hall–Kier alpha value is 0.310. The Labute approximate surface area is 135 Å². The van der Waals surface area contributed by atoms with Crippen molar-refractivity contribution in [1.29, 1.82) is 0 Å². The normalized spacial score (nSPS) is 49.7. The first kappa shape index (κ1) is 14.9. The van der Waals surface area contributed by atoms with Gasteiger partial charge in [0.15, 0.2) is 0 Å². The second kappa shape index (κ2) is 5.74. The van der Waals surface area contributed by atoms with Crippen molar-refractivity contribution in [3.8, 4) is 0 Å². The van der Waals surface area contributed by atoms with Crippen LogP contribution in [0.15, 0.2) is 0 Å². The Balaban J connectivity index is 1.38. The van der Waals surface area contributed by atoms with Crippen LogP contribution in [0.3, 0.4) is 0 Å². The van der Waals surface area contributed by atoms with Crippen molar-refractivity contribution in [3.63, 3.8) is 0 Å². The topological polar surface area (TPSA) is 12.0 Å². The molecule has 0 spiro atoms. The van der Waals surface area contributed by atoms with Crippen molar-refractivity contribution in [1.82, 2.24) is 5.32 Å². The van der Waals surface area contributed by atoms with E-state index in [0.717, 1.165) is 35.1 Å². The molecule has 5 fully saturated rings. The summed E-state index contributed by atoms with van der Waals surface area (Å²) in [7, 11) is 0. The molecular weight excluding hydrogens is 274 g/mol. The fourth-order valence-electron chi connectivity index (χ4n) is 6.72. The minimum atomic E-state index is 0.685. The second-order valence-corrected chi connectivity index (χ2v) is 10.3. The van der Waals surface area contributed by atoms with Crippen LogP contribution >= 0.6 is 11.8 Å². The Bertz CT molecular complexity index is 344. The first-order valence-electron chi connectivity index (χ1n) is 9.54. The zero-order valence-corrected chi connectivity index (χ0v) is 14.8. The number of hydrogen-bond acceptors (Lipinski definition) is 2. The molecule has 120 valence electrons. The summed E-state index contributed by atoms with van der Waals surface area (Å²) >= 11 is 2.19. The zero-order chi connectivity index (χ0) is 14.4. The maximum Gasteiger partial charge on any atom is 0.00980 e. The molecule has 3 atom stereocenters. The van der Waals surface area contributed by atoms with Crippen LogP contribution in [0.5, 0.6) is 0 Å². The van der Waals surface area contributed by atoms with Crippen molar-refractivity contribution in [2.75, 3.05) is 5.75 Å². The van der Waals surface area contributed by atoms with E-state index in [4.69, 9.17) is 0 Å². The summed E-state index contributed by atoms with van der Waals surface area (Å²) in [6, 6.07) is 1.58. The van der Waals surface area contributed by atoms with Crippen LogP contribution in [0.1, 0.15) is 71.6 Å². The van der Waals surface area contributed by atoms with E-state index in [9.17, 15) is 0 Å². The molecule has 0 aromatic carbocycles. The first-order valence-corrected chi connectivity index (χ1v) is 10.6. The van der Waals surface area contributed by atoms with Gasteiger partial charge in [-0.25, -0.2) is 0 Å². The molecule has 5 aliphatic rings. The predicted octanol–water partition coefficient (Wildman–Crippen LogP) is 4.86. The van der Waals surface area contributed by atoms with E-state index in [-0.39, 0.29) is 0 Å². The molecule has 0 heterocycles. The summed E-state index contributed by atoms with van der Waals surface area (Å²) in [4.78, 5) is 0. The highest BCUT2D eigenvalue weighted by atomic mass is 32.2. The third-order valence-electron chi connectivity index (χ3n) is 7.28. The molecule has 5 saturated carbocycles. The van der Waals surface area contributed by atoms with Crippen LogP contribution < -0.4 is 5.32 Å². The summed E-state index contributed by atoms with van der Waals surface area (Å²) in [6.07, 6.45) is 13.7. The molecule has 0 aromatic heterocycles. The predicted molar refractivity (Wildman–Crippen MR) is 92.8 cm³/mol.